The van der Waals surface area contributed by atoms with Crippen molar-refractivity contribution in [3.8, 4) is 0 Å². The lowest BCUT2D eigenvalue weighted by atomic mass is 10.00. The number of urea groups is 1. The zero-order valence-electron chi connectivity index (χ0n) is 15.1. The minimum atomic E-state index is -0.986. The fourth-order valence-electron chi connectivity index (χ4n) is 2.66. The van der Waals surface area contributed by atoms with Gasteiger partial charge in [-0.05, 0) is 26.2 Å². The number of hydrazine groups is 1. The van der Waals surface area contributed by atoms with Crippen LogP contribution in [0.25, 0.3) is 0 Å². The highest BCUT2D eigenvalue weighted by Gasteiger charge is 2.47. The van der Waals surface area contributed by atoms with Gasteiger partial charge in [0.2, 0.25) is 11.0 Å². The number of aromatic nitrogens is 2. The van der Waals surface area contributed by atoms with E-state index in [1.54, 1.807) is 13.8 Å². The van der Waals surface area contributed by atoms with Crippen molar-refractivity contribution < 1.29 is 19.1 Å². The summed E-state index contributed by atoms with van der Waals surface area (Å²) in [4.78, 5) is 36.2. The molecule has 12 heteroatoms. The van der Waals surface area contributed by atoms with Gasteiger partial charge in [-0.3, -0.25) is 15.0 Å². The Morgan fingerprint density at radius 3 is 2.96 bits per heavy atom. The molecule has 3 N–H and O–H groups in total. The number of ether oxygens (including phenoxy) is 1. The van der Waals surface area contributed by atoms with Crippen molar-refractivity contribution in [1.82, 2.24) is 25.9 Å². The maximum absolute atomic E-state index is 12.2. The highest BCUT2D eigenvalue weighted by molar-refractivity contribution is 8.01. The molecule has 4 amide bonds. The van der Waals surface area contributed by atoms with Gasteiger partial charge in [-0.15, -0.1) is 10.2 Å². The van der Waals surface area contributed by atoms with Gasteiger partial charge in [0, 0.05) is 13.2 Å². The molecule has 2 atom stereocenters. The third kappa shape index (κ3) is 4.68. The molecule has 0 spiro atoms. The number of nitrogens with zero attached hydrogens (tertiary/aromatic N) is 3. The first kappa shape index (κ1) is 19.8. The molecule has 0 aromatic carbocycles. The Kier molecular flexibility index (Phi) is 6.17. The molecule has 148 valence electrons. The molecule has 1 aromatic heterocycles. The van der Waals surface area contributed by atoms with Crippen LogP contribution in [-0.4, -0.2) is 63.6 Å². The van der Waals surface area contributed by atoms with Crippen LogP contribution in [0.5, 0.6) is 0 Å². The summed E-state index contributed by atoms with van der Waals surface area (Å²) in [5.74, 6) is -0.918. The van der Waals surface area contributed by atoms with Crippen LogP contribution in [0.2, 0.25) is 0 Å². The fraction of sp³-hybridized carbons (Fsp3) is 0.667. The van der Waals surface area contributed by atoms with E-state index in [2.05, 4.69) is 26.3 Å². The Bertz CT molecular complexity index is 723. The van der Waals surface area contributed by atoms with E-state index in [1.165, 1.54) is 23.1 Å². The van der Waals surface area contributed by atoms with E-state index in [9.17, 15) is 14.4 Å². The molecule has 0 saturated carbocycles. The minimum Gasteiger partial charge on any atom is -0.376 e. The lowest BCUT2D eigenvalue weighted by Gasteiger charge is -2.19. The Labute approximate surface area is 164 Å². The smallest absolute Gasteiger partial charge is 0.344 e. The quantitative estimate of drug-likeness (QED) is 0.424. The van der Waals surface area contributed by atoms with Crippen molar-refractivity contribution in [2.24, 2.45) is 0 Å². The number of carbonyl (C=O) groups excluding carboxylic acids is 3. The zero-order chi connectivity index (χ0) is 19.4. The van der Waals surface area contributed by atoms with E-state index >= 15 is 0 Å². The summed E-state index contributed by atoms with van der Waals surface area (Å²) in [6.07, 6.45) is 2.75. The summed E-state index contributed by atoms with van der Waals surface area (Å²) in [6, 6.07) is -0.626. The average molecular weight is 415 g/mol. The zero-order valence-corrected chi connectivity index (χ0v) is 16.7. The molecule has 0 aliphatic carbocycles. The van der Waals surface area contributed by atoms with Gasteiger partial charge >= 0.3 is 6.03 Å². The number of imide groups is 1. The molecule has 3 heterocycles. The largest absolute Gasteiger partial charge is 0.376 e. The van der Waals surface area contributed by atoms with Crippen molar-refractivity contribution in [2.45, 2.75) is 49.1 Å². The second-order valence-electron chi connectivity index (χ2n) is 6.47. The lowest BCUT2D eigenvalue weighted by Crippen LogP contribution is -2.49. The Morgan fingerprint density at radius 1 is 1.48 bits per heavy atom. The fourth-order valence-corrected chi connectivity index (χ4v) is 4.21. The highest BCUT2D eigenvalue weighted by atomic mass is 32.2. The minimum absolute atomic E-state index is 0.0142. The number of amides is 4. The number of thioether (sulfide) groups is 1. The summed E-state index contributed by atoms with van der Waals surface area (Å²) < 4.78 is 6.16. The number of nitrogens with one attached hydrogen (secondary N) is 3. The first-order valence-corrected chi connectivity index (χ1v) is 10.5. The molecule has 0 unspecified atom stereocenters. The number of anilines is 1. The summed E-state index contributed by atoms with van der Waals surface area (Å²) in [5.41, 5.74) is 1.36. The molecule has 27 heavy (non-hydrogen) atoms. The van der Waals surface area contributed by atoms with E-state index < -0.39 is 23.4 Å². The first-order valence-electron chi connectivity index (χ1n) is 8.69. The molecule has 10 nitrogen and oxygen atoms in total. The Balaban J connectivity index is 1.44. The topological polar surface area (TPSA) is 126 Å². The predicted molar refractivity (Wildman–Crippen MR) is 100 cm³/mol. The molecule has 0 bridgehead atoms. The van der Waals surface area contributed by atoms with E-state index in [4.69, 9.17) is 4.74 Å². The van der Waals surface area contributed by atoms with E-state index in [1.807, 2.05) is 0 Å². The number of rotatable bonds is 8. The van der Waals surface area contributed by atoms with Crippen molar-refractivity contribution in [3.05, 3.63) is 0 Å². The molecule has 3 rings (SSSR count). The molecular formula is C15H22N6O4S2. The third-order valence-electron chi connectivity index (χ3n) is 4.44. The number of carbonyl (C=O) groups is 3. The van der Waals surface area contributed by atoms with Crippen LogP contribution in [0, 0.1) is 0 Å². The van der Waals surface area contributed by atoms with Crippen LogP contribution in [-0.2, 0) is 14.3 Å². The van der Waals surface area contributed by atoms with Crippen LogP contribution in [0.4, 0.5) is 9.93 Å². The highest BCUT2D eigenvalue weighted by Crippen LogP contribution is 2.26. The molecule has 0 radical (unpaired) electrons. The summed E-state index contributed by atoms with van der Waals surface area (Å²) in [6.45, 7) is 4.90. The van der Waals surface area contributed by atoms with Crippen molar-refractivity contribution >= 4 is 46.1 Å². The second-order valence-corrected chi connectivity index (χ2v) is 8.67. The molecule has 2 fully saturated rings. The molecule has 1 aromatic rings. The van der Waals surface area contributed by atoms with Gasteiger partial charge in [0.25, 0.3) is 5.91 Å². The summed E-state index contributed by atoms with van der Waals surface area (Å²) >= 11 is 2.53. The van der Waals surface area contributed by atoms with Gasteiger partial charge in [-0.25, -0.2) is 4.79 Å². The molecule has 2 aliphatic heterocycles. The molecular weight excluding hydrogens is 392 g/mol. The van der Waals surface area contributed by atoms with Gasteiger partial charge in [0.05, 0.1) is 11.9 Å². The van der Waals surface area contributed by atoms with Crippen LogP contribution < -0.4 is 16.1 Å². The van der Waals surface area contributed by atoms with E-state index in [0.29, 0.717) is 22.4 Å². The third-order valence-corrected chi connectivity index (χ3v) is 6.46. The number of hydrogen-bond acceptors (Lipinski definition) is 9. The maximum Gasteiger partial charge on any atom is 0.344 e. The summed E-state index contributed by atoms with van der Waals surface area (Å²) in [5, 5.41) is 15.2. The normalized spacial score (nSPS) is 25.0. The molecule has 2 aliphatic rings. The lowest BCUT2D eigenvalue weighted by molar-refractivity contribution is -0.137. The van der Waals surface area contributed by atoms with E-state index in [-0.39, 0.29) is 11.9 Å². The maximum atomic E-state index is 12.2. The van der Waals surface area contributed by atoms with Crippen LogP contribution in [0.3, 0.4) is 0 Å². The number of hydrogen-bond donors (Lipinski definition) is 3. The van der Waals surface area contributed by atoms with Gasteiger partial charge < -0.3 is 15.4 Å². The predicted octanol–water partition coefficient (Wildman–Crippen LogP) is 0.973. The van der Waals surface area contributed by atoms with Crippen molar-refractivity contribution in [1.29, 1.82) is 0 Å². The summed E-state index contributed by atoms with van der Waals surface area (Å²) in [7, 11) is 0. The average Bonchev–Trinajstić information content (AvgIpc) is 3.36. The van der Waals surface area contributed by atoms with Crippen molar-refractivity contribution in [3.63, 3.8) is 0 Å². The molecule has 2 saturated heterocycles. The first-order chi connectivity index (χ1) is 12.9. The second kappa shape index (κ2) is 8.40. The standard InChI is InChI=1S/C15H22N6O4S2/c1-3-15(2)11(23)21(13(24)17-15)20-10(22)8-26-14-19-18-12(27-14)16-7-9-5-4-6-25-9/h9H,3-8H2,1-2H3,(H,16,18)(H,17,24)(H,20,22)/t9-,15+/m1/s1. The van der Waals surface area contributed by atoms with Gasteiger partial charge in [0.1, 0.15) is 5.54 Å². The van der Waals surface area contributed by atoms with Gasteiger partial charge in [-0.1, -0.05) is 30.0 Å². The van der Waals surface area contributed by atoms with Crippen molar-refractivity contribution in [2.75, 3.05) is 24.2 Å². The Hall–Kier alpha value is -1.92. The Morgan fingerprint density at radius 2 is 2.30 bits per heavy atom. The van der Waals surface area contributed by atoms with Crippen LogP contribution in [0.15, 0.2) is 4.34 Å². The van der Waals surface area contributed by atoms with Gasteiger partial charge in [0.15, 0.2) is 4.34 Å². The van der Waals surface area contributed by atoms with Crippen LogP contribution >= 0.6 is 23.1 Å². The van der Waals surface area contributed by atoms with Gasteiger partial charge in [-0.2, -0.15) is 5.01 Å². The van der Waals surface area contributed by atoms with Crippen LogP contribution in [0.1, 0.15) is 33.1 Å². The SMILES string of the molecule is CC[C@]1(C)NC(=O)N(NC(=O)CSc2nnc(NC[C@H]3CCCO3)s2)C1=O. The monoisotopic (exact) mass is 414 g/mol. The van der Waals surface area contributed by atoms with E-state index in [0.717, 1.165) is 24.5 Å².